The predicted molar refractivity (Wildman–Crippen MR) is 94.9 cm³/mol. The minimum atomic E-state index is -0.670. The first-order valence-corrected chi connectivity index (χ1v) is 9.08. The van der Waals surface area contributed by atoms with Gasteiger partial charge in [-0.25, -0.2) is 4.79 Å². The minimum absolute atomic E-state index is 0.00789. The van der Waals surface area contributed by atoms with Gasteiger partial charge >= 0.3 is 5.69 Å². The lowest BCUT2D eigenvalue weighted by atomic mass is 10.2. The van der Waals surface area contributed by atoms with Crippen molar-refractivity contribution >= 4 is 34.7 Å². The molecule has 0 aliphatic heterocycles. The molecule has 0 aliphatic rings. The third-order valence-electron chi connectivity index (χ3n) is 3.24. The van der Waals surface area contributed by atoms with E-state index in [0.717, 1.165) is 9.57 Å². The highest BCUT2D eigenvalue weighted by atomic mass is 32.2. The van der Waals surface area contributed by atoms with Crippen molar-refractivity contribution in [3.05, 3.63) is 31.4 Å². The summed E-state index contributed by atoms with van der Waals surface area (Å²) in [6.07, 6.45) is 0. The van der Waals surface area contributed by atoms with E-state index in [2.05, 4.69) is 10.2 Å². The summed E-state index contributed by atoms with van der Waals surface area (Å²) in [5.74, 6) is -0.350. The summed E-state index contributed by atoms with van der Waals surface area (Å²) in [4.78, 5) is 37.0. The first-order chi connectivity index (χ1) is 11.2. The van der Waals surface area contributed by atoms with E-state index < -0.39 is 17.0 Å². The summed E-state index contributed by atoms with van der Waals surface area (Å²) in [6, 6.07) is 0. The largest absolute Gasteiger partial charge is 0.384 e. The van der Waals surface area contributed by atoms with Gasteiger partial charge in [0.25, 0.3) is 5.56 Å². The van der Waals surface area contributed by atoms with Crippen LogP contribution in [-0.2, 0) is 13.6 Å². The topological polar surface area (TPSA) is 113 Å². The summed E-state index contributed by atoms with van der Waals surface area (Å²) >= 11 is 2.56. The van der Waals surface area contributed by atoms with Crippen LogP contribution in [0.3, 0.4) is 0 Å². The average Bonchev–Trinajstić information content (AvgIpc) is 2.93. The molecule has 0 unspecified atom stereocenters. The van der Waals surface area contributed by atoms with Gasteiger partial charge in [0.15, 0.2) is 10.1 Å². The average molecular weight is 369 g/mol. The van der Waals surface area contributed by atoms with Gasteiger partial charge in [-0.2, -0.15) is 0 Å². The van der Waals surface area contributed by atoms with E-state index in [-0.39, 0.29) is 23.1 Å². The molecule has 0 atom stereocenters. The lowest BCUT2D eigenvalue weighted by molar-refractivity contribution is 0.102. The van der Waals surface area contributed by atoms with Crippen LogP contribution in [0.15, 0.2) is 13.9 Å². The van der Waals surface area contributed by atoms with Gasteiger partial charge in [0.2, 0.25) is 0 Å². The number of Topliss-reactive ketones (excluding diaryl/α,β-unsaturated/α-hetero) is 1. The third kappa shape index (κ3) is 3.75. The lowest BCUT2D eigenvalue weighted by Gasteiger charge is -2.15. The summed E-state index contributed by atoms with van der Waals surface area (Å²) in [6.45, 7) is 6.00. The van der Waals surface area contributed by atoms with E-state index in [9.17, 15) is 14.4 Å². The number of nitrogens with two attached hydrogens (primary N) is 1. The van der Waals surface area contributed by atoms with E-state index in [1.54, 1.807) is 0 Å². The molecule has 0 bridgehead atoms. The summed E-state index contributed by atoms with van der Waals surface area (Å²) in [5, 5.41) is 8.60. The summed E-state index contributed by atoms with van der Waals surface area (Å²) in [7, 11) is 1.35. The molecule has 24 heavy (non-hydrogen) atoms. The van der Waals surface area contributed by atoms with Crippen molar-refractivity contribution in [2.45, 2.75) is 31.7 Å². The quantitative estimate of drug-likeness (QED) is 0.595. The first-order valence-electron chi connectivity index (χ1n) is 7.27. The number of ketones is 1. The zero-order valence-corrected chi connectivity index (χ0v) is 15.5. The molecule has 2 aromatic heterocycles. The number of nitrogen functional groups attached to an aromatic ring is 1. The lowest BCUT2D eigenvalue weighted by Crippen LogP contribution is -2.43. The third-order valence-corrected chi connectivity index (χ3v) is 5.22. The van der Waals surface area contributed by atoms with Gasteiger partial charge in [-0.1, -0.05) is 36.9 Å². The molecule has 0 spiro atoms. The molecule has 0 aliphatic carbocycles. The van der Waals surface area contributed by atoms with Gasteiger partial charge in [0, 0.05) is 13.6 Å². The summed E-state index contributed by atoms with van der Waals surface area (Å²) < 4.78 is 2.84. The molecule has 2 N–H and O–H groups in total. The molecule has 2 rings (SSSR count). The number of thioether (sulfide) groups is 1. The molecular weight excluding hydrogens is 350 g/mol. The molecule has 10 heteroatoms. The number of anilines is 1. The van der Waals surface area contributed by atoms with Crippen molar-refractivity contribution in [1.29, 1.82) is 0 Å². The van der Waals surface area contributed by atoms with Crippen LogP contribution >= 0.6 is 23.1 Å². The number of aryl methyl sites for hydroxylation is 1. The van der Waals surface area contributed by atoms with Crippen LogP contribution in [0.5, 0.6) is 0 Å². The molecule has 0 aromatic carbocycles. The number of carbonyl (C=O) groups is 1. The molecule has 2 heterocycles. The maximum Gasteiger partial charge on any atom is 0.332 e. The maximum atomic E-state index is 12.5. The second-order valence-electron chi connectivity index (χ2n) is 5.71. The normalized spacial score (nSPS) is 11.2. The van der Waals surface area contributed by atoms with E-state index in [1.165, 1.54) is 34.7 Å². The fourth-order valence-electron chi connectivity index (χ4n) is 2.12. The minimum Gasteiger partial charge on any atom is -0.384 e. The Labute approximate surface area is 146 Å². The zero-order chi connectivity index (χ0) is 18.0. The Bertz CT molecular complexity index is 882. The Morgan fingerprint density at radius 3 is 2.54 bits per heavy atom. The van der Waals surface area contributed by atoms with Crippen molar-refractivity contribution in [2.24, 2.45) is 13.0 Å². The standard InChI is InChI=1S/C14H19N5O3S2/c1-7(2)5-19-11(15)10(12(21)18(4)14(19)22)9(20)6-23-13-17-16-8(3)24-13/h7H,5-6,15H2,1-4H3. The molecule has 0 fully saturated rings. The van der Waals surface area contributed by atoms with Gasteiger partial charge in [0.1, 0.15) is 16.4 Å². The molecule has 0 amide bonds. The van der Waals surface area contributed by atoms with Gasteiger partial charge in [0.05, 0.1) is 5.75 Å². The smallest absolute Gasteiger partial charge is 0.332 e. The van der Waals surface area contributed by atoms with E-state index in [0.29, 0.717) is 10.9 Å². The van der Waals surface area contributed by atoms with Crippen LogP contribution in [0.2, 0.25) is 0 Å². The van der Waals surface area contributed by atoms with Crippen molar-refractivity contribution in [2.75, 3.05) is 11.5 Å². The Morgan fingerprint density at radius 2 is 2.00 bits per heavy atom. The number of carbonyl (C=O) groups excluding carboxylic acids is 1. The molecule has 130 valence electrons. The second-order valence-corrected chi connectivity index (χ2v) is 8.11. The number of hydrogen-bond acceptors (Lipinski definition) is 8. The van der Waals surface area contributed by atoms with E-state index in [1.807, 2.05) is 20.8 Å². The molecule has 0 radical (unpaired) electrons. The number of aromatic nitrogens is 4. The summed E-state index contributed by atoms with van der Waals surface area (Å²) in [5.41, 5.74) is 4.64. The highest BCUT2D eigenvalue weighted by Gasteiger charge is 2.22. The van der Waals surface area contributed by atoms with Gasteiger partial charge in [-0.3, -0.25) is 18.7 Å². The zero-order valence-electron chi connectivity index (χ0n) is 13.9. The molecular formula is C14H19N5O3S2. The monoisotopic (exact) mass is 369 g/mol. The molecule has 0 saturated heterocycles. The van der Waals surface area contributed by atoms with Gasteiger partial charge in [-0.15, -0.1) is 10.2 Å². The maximum absolute atomic E-state index is 12.5. The van der Waals surface area contributed by atoms with E-state index in [4.69, 9.17) is 5.73 Å². The Kier molecular flexibility index (Phi) is 5.60. The van der Waals surface area contributed by atoms with Crippen LogP contribution in [0, 0.1) is 12.8 Å². The number of rotatable bonds is 6. The number of hydrogen-bond donors (Lipinski definition) is 1. The highest BCUT2D eigenvalue weighted by molar-refractivity contribution is 8.01. The van der Waals surface area contributed by atoms with Crippen LogP contribution in [0.25, 0.3) is 0 Å². The SMILES string of the molecule is Cc1nnc(SCC(=O)c2c(N)n(CC(C)C)c(=O)n(C)c2=O)s1. The predicted octanol–water partition coefficient (Wildman–Crippen LogP) is 0.920. The van der Waals surface area contributed by atoms with Gasteiger partial charge < -0.3 is 5.73 Å². The van der Waals surface area contributed by atoms with Crippen molar-refractivity contribution in [3.63, 3.8) is 0 Å². The second kappa shape index (κ2) is 7.31. The Morgan fingerprint density at radius 1 is 1.33 bits per heavy atom. The Hall–Kier alpha value is -1.94. The van der Waals surface area contributed by atoms with Crippen molar-refractivity contribution in [1.82, 2.24) is 19.3 Å². The molecule has 0 saturated carbocycles. The van der Waals surface area contributed by atoms with Crippen molar-refractivity contribution in [3.8, 4) is 0 Å². The van der Waals surface area contributed by atoms with Gasteiger partial charge in [-0.05, 0) is 12.8 Å². The molecule has 2 aromatic rings. The highest BCUT2D eigenvalue weighted by Crippen LogP contribution is 2.23. The van der Waals surface area contributed by atoms with E-state index >= 15 is 0 Å². The Balaban J connectivity index is 2.37. The fraction of sp³-hybridized carbons (Fsp3) is 0.500. The molecule has 8 nitrogen and oxygen atoms in total. The number of nitrogens with zero attached hydrogens (tertiary/aromatic N) is 4. The van der Waals surface area contributed by atoms with Crippen molar-refractivity contribution < 1.29 is 4.79 Å². The van der Waals surface area contributed by atoms with Crippen LogP contribution < -0.4 is 17.0 Å². The first kappa shape index (κ1) is 18.4. The van der Waals surface area contributed by atoms with Crippen LogP contribution in [0.1, 0.15) is 29.2 Å². The van der Waals surface area contributed by atoms with Crippen LogP contribution in [0.4, 0.5) is 5.82 Å². The fourth-order valence-corrected chi connectivity index (χ4v) is 3.81. The van der Waals surface area contributed by atoms with Crippen LogP contribution in [-0.4, -0.2) is 30.9 Å².